The number of aryl methyl sites for hydroxylation is 1. The average molecular weight is 274 g/mol. The Morgan fingerprint density at radius 3 is 2.50 bits per heavy atom. The molecule has 0 atom stereocenters. The van der Waals surface area contributed by atoms with Gasteiger partial charge < -0.3 is 5.32 Å². The van der Waals surface area contributed by atoms with Gasteiger partial charge >= 0.3 is 0 Å². The van der Waals surface area contributed by atoms with Crippen molar-refractivity contribution in [3.8, 4) is 0 Å². The first kappa shape index (κ1) is 14.8. The van der Waals surface area contributed by atoms with Gasteiger partial charge in [-0.2, -0.15) is 0 Å². The van der Waals surface area contributed by atoms with Gasteiger partial charge in [0.25, 0.3) is 0 Å². The molecule has 1 heterocycles. The molecule has 3 heteroatoms. The van der Waals surface area contributed by atoms with Gasteiger partial charge in [0.2, 0.25) is 0 Å². The molecule has 0 amide bonds. The van der Waals surface area contributed by atoms with Crippen LogP contribution in [0.4, 0.5) is 10.2 Å². The van der Waals surface area contributed by atoms with Crippen LogP contribution in [0.25, 0.3) is 10.9 Å². The largest absolute Gasteiger partial charge is 0.370 e. The van der Waals surface area contributed by atoms with Crippen molar-refractivity contribution in [2.24, 2.45) is 0 Å². The average Bonchev–Trinajstić information content (AvgIpc) is 2.36. The molecule has 1 aromatic heterocycles. The molecule has 1 N–H and O–H groups in total. The molecule has 0 saturated carbocycles. The normalized spacial score (nSPS) is 11.9. The molecule has 20 heavy (non-hydrogen) atoms. The van der Waals surface area contributed by atoms with Crippen molar-refractivity contribution in [1.82, 2.24) is 4.98 Å². The minimum atomic E-state index is -0.199. The fourth-order valence-electron chi connectivity index (χ4n) is 2.26. The number of nitrogens with zero attached hydrogens (tertiary/aromatic N) is 1. The van der Waals surface area contributed by atoms with Crippen molar-refractivity contribution in [3.63, 3.8) is 0 Å². The summed E-state index contributed by atoms with van der Waals surface area (Å²) < 4.78 is 13.7. The number of fused-ring (bicyclic) bond motifs is 1. The van der Waals surface area contributed by atoms with E-state index in [1.165, 1.54) is 11.6 Å². The number of aromatic nitrogens is 1. The fraction of sp³-hybridized carbons (Fsp3) is 0.471. The van der Waals surface area contributed by atoms with Crippen LogP contribution in [0.5, 0.6) is 0 Å². The lowest BCUT2D eigenvalue weighted by atomic mass is 9.86. The van der Waals surface area contributed by atoms with Crippen LogP contribution in [0.1, 0.15) is 45.2 Å². The van der Waals surface area contributed by atoms with Crippen LogP contribution in [-0.2, 0) is 5.41 Å². The van der Waals surface area contributed by atoms with Crippen molar-refractivity contribution in [2.45, 2.75) is 46.5 Å². The van der Waals surface area contributed by atoms with Gasteiger partial charge in [0.05, 0.1) is 5.52 Å². The second kappa shape index (κ2) is 5.39. The Labute approximate surface area is 120 Å². The van der Waals surface area contributed by atoms with Gasteiger partial charge in [0.15, 0.2) is 0 Å². The number of benzene rings is 1. The molecule has 0 aliphatic rings. The lowest BCUT2D eigenvalue weighted by Gasteiger charge is -2.23. The highest BCUT2D eigenvalue weighted by Gasteiger charge is 2.20. The molecule has 0 fully saturated rings. The Kier molecular flexibility index (Phi) is 3.98. The Morgan fingerprint density at radius 2 is 1.90 bits per heavy atom. The van der Waals surface area contributed by atoms with E-state index in [0.717, 1.165) is 24.2 Å². The molecule has 0 radical (unpaired) electrons. The van der Waals surface area contributed by atoms with Gasteiger partial charge in [-0.05, 0) is 36.5 Å². The summed E-state index contributed by atoms with van der Waals surface area (Å²) >= 11 is 0. The lowest BCUT2D eigenvalue weighted by molar-refractivity contribution is 0.590. The number of nitrogens with one attached hydrogen (secondary N) is 1. The number of anilines is 1. The van der Waals surface area contributed by atoms with Crippen molar-refractivity contribution in [2.75, 3.05) is 11.9 Å². The van der Waals surface area contributed by atoms with E-state index in [-0.39, 0.29) is 11.2 Å². The summed E-state index contributed by atoms with van der Waals surface area (Å²) in [5, 5.41) is 4.36. The van der Waals surface area contributed by atoms with E-state index in [4.69, 9.17) is 0 Å². The highest BCUT2D eigenvalue weighted by molar-refractivity contribution is 5.83. The molecule has 2 rings (SSSR count). The summed E-state index contributed by atoms with van der Waals surface area (Å²) in [5.41, 5.74) is 2.54. The predicted octanol–water partition coefficient (Wildman–Crippen LogP) is 4.80. The lowest BCUT2D eigenvalue weighted by Crippen LogP contribution is -2.16. The first-order valence-corrected chi connectivity index (χ1v) is 7.18. The van der Waals surface area contributed by atoms with Crippen LogP contribution < -0.4 is 5.32 Å². The minimum absolute atomic E-state index is 0.000441. The van der Waals surface area contributed by atoms with E-state index in [1.54, 1.807) is 6.92 Å². The third-order valence-corrected chi connectivity index (χ3v) is 3.45. The Balaban J connectivity index is 2.64. The van der Waals surface area contributed by atoms with Gasteiger partial charge in [0, 0.05) is 23.6 Å². The topological polar surface area (TPSA) is 24.9 Å². The number of halogens is 1. The second-order valence-corrected chi connectivity index (χ2v) is 6.36. The van der Waals surface area contributed by atoms with E-state index in [1.807, 2.05) is 6.07 Å². The summed E-state index contributed by atoms with van der Waals surface area (Å²) in [7, 11) is 0. The summed E-state index contributed by atoms with van der Waals surface area (Å²) in [6.07, 6.45) is 1.03. The van der Waals surface area contributed by atoms with Crippen LogP contribution >= 0.6 is 0 Å². The van der Waals surface area contributed by atoms with Gasteiger partial charge in [-0.15, -0.1) is 0 Å². The Morgan fingerprint density at radius 1 is 1.20 bits per heavy atom. The van der Waals surface area contributed by atoms with E-state index in [0.29, 0.717) is 11.1 Å². The number of hydrogen-bond donors (Lipinski definition) is 1. The van der Waals surface area contributed by atoms with E-state index < -0.39 is 0 Å². The second-order valence-electron chi connectivity index (χ2n) is 6.36. The molecule has 0 bridgehead atoms. The maximum Gasteiger partial charge on any atom is 0.130 e. The monoisotopic (exact) mass is 274 g/mol. The van der Waals surface area contributed by atoms with Crippen LogP contribution in [0.15, 0.2) is 18.2 Å². The smallest absolute Gasteiger partial charge is 0.130 e. The van der Waals surface area contributed by atoms with Crippen LogP contribution in [0, 0.1) is 12.7 Å². The predicted molar refractivity (Wildman–Crippen MR) is 83.9 cm³/mol. The quantitative estimate of drug-likeness (QED) is 0.869. The fourth-order valence-corrected chi connectivity index (χ4v) is 2.26. The zero-order valence-corrected chi connectivity index (χ0v) is 13.0. The Hall–Kier alpha value is -1.64. The molecular formula is C17H23FN2. The summed E-state index contributed by atoms with van der Waals surface area (Å²) in [6, 6.07) is 5.53. The third kappa shape index (κ3) is 2.92. The minimum Gasteiger partial charge on any atom is -0.370 e. The maximum absolute atomic E-state index is 13.7. The zero-order valence-electron chi connectivity index (χ0n) is 13.0. The first-order chi connectivity index (χ1) is 9.32. The van der Waals surface area contributed by atoms with Crippen molar-refractivity contribution in [1.29, 1.82) is 0 Å². The van der Waals surface area contributed by atoms with Crippen molar-refractivity contribution >= 4 is 16.7 Å². The maximum atomic E-state index is 13.7. The summed E-state index contributed by atoms with van der Waals surface area (Å²) in [4.78, 5) is 4.63. The highest BCUT2D eigenvalue weighted by atomic mass is 19.1. The molecule has 0 aliphatic carbocycles. The van der Waals surface area contributed by atoms with Crippen LogP contribution in [0.3, 0.4) is 0 Å². The Bertz CT molecular complexity index is 627. The van der Waals surface area contributed by atoms with Crippen LogP contribution in [-0.4, -0.2) is 11.5 Å². The third-order valence-electron chi connectivity index (χ3n) is 3.45. The van der Waals surface area contributed by atoms with Gasteiger partial charge in [0.1, 0.15) is 11.6 Å². The zero-order chi connectivity index (χ0) is 14.9. The molecule has 108 valence electrons. The SMILES string of the molecule is CCCNc1nc2cc(F)c(C)cc2cc1C(C)(C)C. The number of rotatable bonds is 3. The van der Waals surface area contributed by atoms with Crippen molar-refractivity contribution in [3.05, 3.63) is 35.1 Å². The summed E-state index contributed by atoms with van der Waals surface area (Å²) in [6.45, 7) is 11.3. The van der Waals surface area contributed by atoms with Crippen LogP contribution in [0.2, 0.25) is 0 Å². The first-order valence-electron chi connectivity index (χ1n) is 7.18. The van der Waals surface area contributed by atoms with E-state index >= 15 is 0 Å². The molecule has 0 spiro atoms. The molecular weight excluding hydrogens is 251 g/mol. The van der Waals surface area contributed by atoms with Crippen molar-refractivity contribution < 1.29 is 4.39 Å². The molecule has 2 nitrogen and oxygen atoms in total. The highest BCUT2D eigenvalue weighted by Crippen LogP contribution is 2.32. The van der Waals surface area contributed by atoms with E-state index in [9.17, 15) is 4.39 Å². The number of hydrogen-bond acceptors (Lipinski definition) is 2. The van der Waals surface area contributed by atoms with Gasteiger partial charge in [-0.3, -0.25) is 0 Å². The summed E-state index contributed by atoms with van der Waals surface area (Å²) in [5.74, 6) is 0.671. The molecule has 1 aromatic carbocycles. The molecule has 2 aromatic rings. The molecule has 0 unspecified atom stereocenters. The van der Waals surface area contributed by atoms with Gasteiger partial charge in [-0.25, -0.2) is 9.37 Å². The number of pyridine rings is 1. The van der Waals surface area contributed by atoms with Gasteiger partial charge in [-0.1, -0.05) is 27.7 Å². The molecule has 0 aliphatic heterocycles. The molecule has 0 saturated heterocycles. The standard InChI is InChI=1S/C17H23FN2/c1-6-7-19-16-13(17(3,4)5)9-12-8-11(2)14(18)10-15(12)20-16/h8-10H,6-7H2,1-5H3,(H,19,20). The van der Waals surface area contributed by atoms with E-state index in [2.05, 4.69) is 44.1 Å².